The highest BCUT2D eigenvalue weighted by Gasteiger charge is 2.25. The number of hydrogen-bond donors (Lipinski definition) is 1. The fraction of sp³-hybridized carbons (Fsp3) is 0.176. The Kier molecular flexibility index (Phi) is 6.08. The van der Waals surface area contributed by atoms with Crippen LogP contribution in [0.2, 0.25) is 5.02 Å². The lowest BCUT2D eigenvalue weighted by molar-refractivity contribution is -0.385. The lowest BCUT2D eigenvalue weighted by Gasteiger charge is -2.13. The molecule has 0 heterocycles. The summed E-state index contributed by atoms with van der Waals surface area (Å²) < 4.78 is 5.02. The van der Waals surface area contributed by atoms with E-state index < -0.39 is 28.6 Å². The smallest absolute Gasteiger partial charge is 0.345 e. The van der Waals surface area contributed by atoms with Crippen molar-refractivity contribution >= 4 is 29.2 Å². The monoisotopic (exact) mass is 362 g/mol. The average molecular weight is 363 g/mol. The predicted octanol–water partition coefficient (Wildman–Crippen LogP) is 3.11. The second-order valence-corrected chi connectivity index (χ2v) is 5.61. The largest absolute Gasteiger partial charge is 0.449 e. The number of esters is 1. The minimum Gasteiger partial charge on any atom is -0.449 e. The van der Waals surface area contributed by atoms with Crippen LogP contribution in [0.5, 0.6) is 0 Å². The zero-order valence-corrected chi connectivity index (χ0v) is 14.0. The van der Waals surface area contributed by atoms with Crippen LogP contribution in [-0.2, 0) is 16.1 Å². The highest BCUT2D eigenvalue weighted by Crippen LogP contribution is 2.23. The SMILES string of the molecule is C[C@@H](OC(=O)c1cc(Cl)ccc1[N+](=O)[O-])C(=O)NCc1ccccc1. The second kappa shape index (κ2) is 8.25. The van der Waals surface area contributed by atoms with Crippen LogP contribution < -0.4 is 5.32 Å². The van der Waals surface area contributed by atoms with Crippen molar-refractivity contribution in [3.05, 3.63) is 74.8 Å². The molecule has 0 aromatic heterocycles. The summed E-state index contributed by atoms with van der Waals surface area (Å²) in [5, 5.41) is 13.8. The summed E-state index contributed by atoms with van der Waals surface area (Å²) in [6.07, 6.45) is -1.12. The molecule has 0 saturated heterocycles. The van der Waals surface area contributed by atoms with Crippen molar-refractivity contribution in [2.24, 2.45) is 0 Å². The molecule has 2 rings (SSSR count). The Balaban J connectivity index is 2.01. The first-order chi connectivity index (χ1) is 11.9. The first-order valence-corrected chi connectivity index (χ1v) is 7.73. The molecule has 2 aromatic rings. The van der Waals surface area contributed by atoms with Crippen molar-refractivity contribution in [1.29, 1.82) is 0 Å². The highest BCUT2D eigenvalue weighted by molar-refractivity contribution is 6.31. The fourth-order valence-electron chi connectivity index (χ4n) is 2.04. The van der Waals surface area contributed by atoms with Crippen LogP contribution in [0.1, 0.15) is 22.8 Å². The molecule has 1 atom stereocenters. The van der Waals surface area contributed by atoms with Crippen molar-refractivity contribution in [1.82, 2.24) is 5.32 Å². The van der Waals surface area contributed by atoms with E-state index in [1.807, 2.05) is 30.3 Å². The Bertz CT molecular complexity index is 795. The summed E-state index contributed by atoms with van der Waals surface area (Å²) >= 11 is 5.77. The van der Waals surface area contributed by atoms with Crippen molar-refractivity contribution in [2.75, 3.05) is 0 Å². The van der Waals surface area contributed by atoms with E-state index in [0.717, 1.165) is 17.7 Å². The Hall–Kier alpha value is -2.93. The van der Waals surface area contributed by atoms with Gasteiger partial charge < -0.3 is 10.1 Å². The lowest BCUT2D eigenvalue weighted by atomic mass is 10.2. The maximum Gasteiger partial charge on any atom is 0.345 e. The van der Waals surface area contributed by atoms with E-state index in [1.54, 1.807) is 0 Å². The maximum atomic E-state index is 12.1. The topological polar surface area (TPSA) is 98.5 Å². The van der Waals surface area contributed by atoms with Gasteiger partial charge in [0.1, 0.15) is 5.56 Å². The molecule has 0 unspecified atom stereocenters. The van der Waals surface area contributed by atoms with E-state index in [9.17, 15) is 19.7 Å². The normalized spacial score (nSPS) is 11.4. The van der Waals surface area contributed by atoms with Crippen molar-refractivity contribution in [3.63, 3.8) is 0 Å². The van der Waals surface area contributed by atoms with Crippen molar-refractivity contribution < 1.29 is 19.2 Å². The van der Waals surface area contributed by atoms with Crippen LogP contribution in [0, 0.1) is 10.1 Å². The van der Waals surface area contributed by atoms with Gasteiger partial charge in [0, 0.05) is 17.6 Å². The van der Waals surface area contributed by atoms with Crippen LogP contribution in [0.3, 0.4) is 0 Å². The average Bonchev–Trinajstić information content (AvgIpc) is 2.60. The van der Waals surface area contributed by atoms with Gasteiger partial charge in [0.05, 0.1) is 4.92 Å². The quantitative estimate of drug-likeness (QED) is 0.483. The molecule has 2 aromatic carbocycles. The molecule has 0 aliphatic carbocycles. The third-order valence-corrected chi connectivity index (χ3v) is 3.57. The number of nitrogens with zero attached hydrogens (tertiary/aromatic N) is 1. The number of ether oxygens (including phenoxy) is 1. The standard InChI is InChI=1S/C17H15ClN2O5/c1-11(16(21)19-10-12-5-3-2-4-6-12)25-17(22)14-9-13(18)7-8-15(14)20(23)24/h2-9,11H,10H2,1H3,(H,19,21)/t11-/m1/s1. The van der Waals surface area contributed by atoms with E-state index >= 15 is 0 Å². The Labute approximate surface area is 148 Å². The number of hydrogen-bond acceptors (Lipinski definition) is 5. The van der Waals surface area contributed by atoms with Gasteiger partial charge >= 0.3 is 5.97 Å². The summed E-state index contributed by atoms with van der Waals surface area (Å²) in [5.41, 5.74) is 0.145. The summed E-state index contributed by atoms with van der Waals surface area (Å²) in [6.45, 7) is 1.66. The molecule has 0 radical (unpaired) electrons. The van der Waals surface area contributed by atoms with Gasteiger partial charge in [-0.05, 0) is 24.6 Å². The molecular formula is C17H15ClN2O5. The number of rotatable bonds is 6. The van der Waals surface area contributed by atoms with E-state index in [2.05, 4.69) is 5.32 Å². The van der Waals surface area contributed by atoms with E-state index in [-0.39, 0.29) is 17.1 Å². The zero-order valence-electron chi connectivity index (χ0n) is 13.3. The molecule has 7 nitrogen and oxygen atoms in total. The molecule has 1 N–H and O–H groups in total. The van der Waals surface area contributed by atoms with Crippen molar-refractivity contribution in [3.8, 4) is 0 Å². The Morgan fingerprint density at radius 1 is 1.24 bits per heavy atom. The molecule has 0 spiro atoms. The summed E-state index contributed by atoms with van der Waals surface area (Å²) in [7, 11) is 0. The van der Waals surface area contributed by atoms with Gasteiger partial charge in [-0.25, -0.2) is 4.79 Å². The lowest BCUT2D eigenvalue weighted by Crippen LogP contribution is -2.35. The fourth-order valence-corrected chi connectivity index (χ4v) is 2.21. The number of nitro benzene ring substituents is 1. The number of halogens is 1. The van der Waals surface area contributed by atoms with Gasteiger partial charge in [-0.3, -0.25) is 14.9 Å². The van der Waals surface area contributed by atoms with Crippen LogP contribution in [0.15, 0.2) is 48.5 Å². The first kappa shape index (κ1) is 18.4. The third-order valence-electron chi connectivity index (χ3n) is 3.34. The minimum absolute atomic E-state index is 0.152. The predicted molar refractivity (Wildman–Crippen MR) is 91.3 cm³/mol. The van der Waals surface area contributed by atoms with Crippen LogP contribution in [-0.4, -0.2) is 22.9 Å². The van der Waals surface area contributed by atoms with Gasteiger partial charge in [-0.15, -0.1) is 0 Å². The number of nitrogens with one attached hydrogen (secondary N) is 1. The summed E-state index contributed by atoms with van der Waals surface area (Å²) in [4.78, 5) is 34.4. The number of amides is 1. The Morgan fingerprint density at radius 3 is 2.56 bits per heavy atom. The van der Waals surface area contributed by atoms with Gasteiger partial charge in [0.2, 0.25) is 0 Å². The Morgan fingerprint density at radius 2 is 1.92 bits per heavy atom. The number of nitro groups is 1. The molecule has 25 heavy (non-hydrogen) atoms. The number of carbonyl (C=O) groups is 2. The third kappa shape index (κ3) is 5.02. The second-order valence-electron chi connectivity index (χ2n) is 5.17. The van der Waals surface area contributed by atoms with Crippen LogP contribution >= 0.6 is 11.6 Å². The van der Waals surface area contributed by atoms with E-state index in [0.29, 0.717) is 0 Å². The summed E-state index contributed by atoms with van der Waals surface area (Å²) in [5.74, 6) is -1.50. The van der Waals surface area contributed by atoms with Gasteiger partial charge in [0.15, 0.2) is 6.10 Å². The van der Waals surface area contributed by atoms with E-state index in [4.69, 9.17) is 16.3 Å². The number of carbonyl (C=O) groups excluding carboxylic acids is 2. The summed E-state index contributed by atoms with van der Waals surface area (Å²) in [6, 6.07) is 12.8. The maximum absolute atomic E-state index is 12.1. The van der Waals surface area contributed by atoms with E-state index in [1.165, 1.54) is 13.0 Å². The molecule has 0 fully saturated rings. The molecule has 8 heteroatoms. The minimum atomic E-state index is -1.12. The first-order valence-electron chi connectivity index (χ1n) is 7.35. The van der Waals surface area contributed by atoms with Crippen LogP contribution in [0.25, 0.3) is 0 Å². The molecule has 1 amide bonds. The van der Waals surface area contributed by atoms with Gasteiger partial charge in [-0.1, -0.05) is 41.9 Å². The van der Waals surface area contributed by atoms with Gasteiger partial charge in [-0.2, -0.15) is 0 Å². The van der Waals surface area contributed by atoms with Crippen molar-refractivity contribution in [2.45, 2.75) is 19.6 Å². The van der Waals surface area contributed by atoms with Crippen LogP contribution in [0.4, 0.5) is 5.69 Å². The molecule has 130 valence electrons. The molecule has 0 saturated carbocycles. The molecular weight excluding hydrogens is 348 g/mol. The number of benzene rings is 2. The zero-order chi connectivity index (χ0) is 18.4. The molecule has 0 aliphatic heterocycles. The highest BCUT2D eigenvalue weighted by atomic mass is 35.5. The molecule has 0 aliphatic rings. The molecule has 0 bridgehead atoms. The van der Waals surface area contributed by atoms with Gasteiger partial charge in [0.25, 0.3) is 11.6 Å².